The van der Waals surface area contributed by atoms with Crippen molar-refractivity contribution in [3.63, 3.8) is 0 Å². The molecule has 0 fully saturated rings. The molecule has 2 aromatic rings. The van der Waals surface area contributed by atoms with Crippen LogP contribution in [0.4, 0.5) is 5.69 Å². The molecule has 0 atom stereocenters. The van der Waals surface area contributed by atoms with Gasteiger partial charge in [-0.05, 0) is 36.8 Å². The first-order valence-electron chi connectivity index (χ1n) is 10.0. The molecular formula is C22H29IN4O4. The minimum Gasteiger partial charge on any atom is -0.497 e. The highest BCUT2D eigenvalue weighted by molar-refractivity contribution is 14.0. The first-order chi connectivity index (χ1) is 14.7. The number of carbonyl (C=O) groups excluding carboxylic acids is 1. The molecule has 0 bridgehead atoms. The molecule has 0 aromatic heterocycles. The van der Waals surface area contributed by atoms with Crippen molar-refractivity contribution < 1.29 is 19.0 Å². The summed E-state index contributed by atoms with van der Waals surface area (Å²) >= 11 is 0. The third kappa shape index (κ3) is 7.82. The molecule has 0 spiro atoms. The van der Waals surface area contributed by atoms with Crippen LogP contribution in [0.15, 0.2) is 47.5 Å². The maximum absolute atomic E-state index is 12.2. The molecule has 0 unspecified atom stereocenters. The molecule has 8 nitrogen and oxygen atoms in total. The summed E-state index contributed by atoms with van der Waals surface area (Å²) in [5.41, 5.74) is 1.79. The number of nitrogens with one attached hydrogen (secondary N) is 3. The number of ether oxygens (including phenoxy) is 3. The van der Waals surface area contributed by atoms with E-state index in [0.29, 0.717) is 38.0 Å². The van der Waals surface area contributed by atoms with E-state index in [1.165, 1.54) is 0 Å². The largest absolute Gasteiger partial charge is 0.497 e. The van der Waals surface area contributed by atoms with Gasteiger partial charge in [-0.2, -0.15) is 0 Å². The number of carbonyl (C=O) groups is 1. The van der Waals surface area contributed by atoms with E-state index in [4.69, 9.17) is 14.2 Å². The van der Waals surface area contributed by atoms with Crippen LogP contribution in [0, 0.1) is 0 Å². The predicted molar refractivity (Wildman–Crippen MR) is 132 cm³/mol. The van der Waals surface area contributed by atoms with Gasteiger partial charge in [0.15, 0.2) is 17.5 Å². The standard InChI is InChI=1S/C22H28N4O4.HI/c1-3-23-22(26-17-7-10-19-20(13-17)30-12-4-11-29-19)25-15-21(27)24-14-16-5-8-18(28-2)9-6-16;/h5-10,13H,3-4,11-12,14-15H2,1-2H3,(H,24,27)(H2,23,25,26);1H. The Labute approximate surface area is 199 Å². The van der Waals surface area contributed by atoms with Crippen LogP contribution in [0.3, 0.4) is 0 Å². The summed E-state index contributed by atoms with van der Waals surface area (Å²) in [6.45, 7) is 4.35. The lowest BCUT2D eigenvalue weighted by molar-refractivity contribution is -0.119. The van der Waals surface area contributed by atoms with Crippen LogP contribution in [0.1, 0.15) is 18.9 Å². The number of guanidine groups is 1. The molecule has 168 valence electrons. The molecule has 1 aliphatic rings. The molecule has 1 aliphatic heterocycles. The minimum absolute atomic E-state index is 0. The number of anilines is 1. The maximum atomic E-state index is 12.2. The summed E-state index contributed by atoms with van der Waals surface area (Å²) in [7, 11) is 1.62. The molecule has 3 rings (SSSR count). The first kappa shape index (κ1) is 24.6. The molecule has 1 amide bonds. The summed E-state index contributed by atoms with van der Waals surface area (Å²) < 4.78 is 16.5. The van der Waals surface area contributed by atoms with E-state index in [1.807, 2.05) is 49.4 Å². The van der Waals surface area contributed by atoms with Crippen molar-refractivity contribution >= 4 is 41.5 Å². The normalized spacial score (nSPS) is 12.8. The fourth-order valence-corrected chi connectivity index (χ4v) is 2.84. The molecule has 0 saturated carbocycles. The second kappa shape index (κ2) is 12.9. The molecule has 2 aromatic carbocycles. The first-order valence-corrected chi connectivity index (χ1v) is 10.0. The van der Waals surface area contributed by atoms with Crippen molar-refractivity contribution in [2.24, 2.45) is 4.99 Å². The summed E-state index contributed by atoms with van der Waals surface area (Å²) in [4.78, 5) is 16.6. The van der Waals surface area contributed by atoms with E-state index in [-0.39, 0.29) is 36.4 Å². The van der Waals surface area contributed by atoms with Crippen LogP contribution in [0.25, 0.3) is 0 Å². The number of halogens is 1. The van der Waals surface area contributed by atoms with E-state index in [2.05, 4.69) is 20.9 Å². The van der Waals surface area contributed by atoms with Gasteiger partial charge in [0.25, 0.3) is 0 Å². The van der Waals surface area contributed by atoms with Crippen LogP contribution in [0.2, 0.25) is 0 Å². The van der Waals surface area contributed by atoms with Gasteiger partial charge in [0.1, 0.15) is 12.3 Å². The minimum atomic E-state index is -0.165. The average molecular weight is 540 g/mol. The Morgan fingerprint density at radius 2 is 1.81 bits per heavy atom. The lowest BCUT2D eigenvalue weighted by Gasteiger charge is -2.13. The third-order valence-electron chi connectivity index (χ3n) is 4.38. The Bertz CT molecular complexity index is 874. The zero-order valence-corrected chi connectivity index (χ0v) is 20.1. The summed E-state index contributed by atoms with van der Waals surface area (Å²) in [6, 6.07) is 13.2. The zero-order chi connectivity index (χ0) is 21.2. The molecule has 1 heterocycles. The Morgan fingerprint density at radius 1 is 1.06 bits per heavy atom. The highest BCUT2D eigenvalue weighted by Crippen LogP contribution is 2.32. The number of rotatable bonds is 7. The molecule has 0 saturated heterocycles. The number of benzene rings is 2. The quantitative estimate of drug-likeness (QED) is 0.284. The molecular weight excluding hydrogens is 511 g/mol. The molecule has 3 N–H and O–H groups in total. The molecule has 0 radical (unpaired) electrons. The Hall–Kier alpha value is -2.69. The van der Waals surface area contributed by atoms with Gasteiger partial charge in [-0.15, -0.1) is 24.0 Å². The summed E-state index contributed by atoms with van der Waals surface area (Å²) in [5.74, 6) is 2.57. The second-order valence-corrected chi connectivity index (χ2v) is 6.66. The number of fused-ring (bicyclic) bond motifs is 1. The highest BCUT2D eigenvalue weighted by atomic mass is 127. The van der Waals surface area contributed by atoms with Crippen molar-refractivity contribution in [2.45, 2.75) is 19.9 Å². The van der Waals surface area contributed by atoms with Gasteiger partial charge in [-0.1, -0.05) is 12.1 Å². The van der Waals surface area contributed by atoms with Crippen LogP contribution < -0.4 is 30.2 Å². The van der Waals surface area contributed by atoms with E-state index in [0.717, 1.165) is 29.2 Å². The number of hydrogen-bond donors (Lipinski definition) is 3. The molecule has 9 heteroatoms. The van der Waals surface area contributed by atoms with Crippen LogP contribution in [0.5, 0.6) is 17.2 Å². The van der Waals surface area contributed by atoms with E-state index < -0.39 is 0 Å². The lowest BCUT2D eigenvalue weighted by atomic mass is 10.2. The van der Waals surface area contributed by atoms with E-state index in [1.54, 1.807) is 7.11 Å². The fraction of sp³-hybridized carbons (Fsp3) is 0.364. The number of aliphatic imine (C=N–C) groups is 1. The van der Waals surface area contributed by atoms with Gasteiger partial charge in [-0.3, -0.25) is 4.79 Å². The molecule has 0 aliphatic carbocycles. The van der Waals surface area contributed by atoms with Crippen LogP contribution in [-0.2, 0) is 11.3 Å². The van der Waals surface area contributed by atoms with Crippen molar-refractivity contribution in [1.29, 1.82) is 0 Å². The van der Waals surface area contributed by atoms with Gasteiger partial charge in [-0.25, -0.2) is 4.99 Å². The third-order valence-corrected chi connectivity index (χ3v) is 4.38. The monoisotopic (exact) mass is 540 g/mol. The van der Waals surface area contributed by atoms with Crippen LogP contribution >= 0.6 is 24.0 Å². The highest BCUT2D eigenvalue weighted by Gasteiger charge is 2.11. The van der Waals surface area contributed by atoms with Gasteiger partial charge >= 0.3 is 0 Å². The molecule has 31 heavy (non-hydrogen) atoms. The smallest absolute Gasteiger partial charge is 0.242 e. The van der Waals surface area contributed by atoms with Crippen molar-refractivity contribution in [1.82, 2.24) is 10.6 Å². The number of methoxy groups -OCH3 is 1. The second-order valence-electron chi connectivity index (χ2n) is 6.66. The zero-order valence-electron chi connectivity index (χ0n) is 17.8. The number of amides is 1. The maximum Gasteiger partial charge on any atom is 0.242 e. The average Bonchev–Trinajstić information content (AvgIpc) is 3.01. The fourth-order valence-electron chi connectivity index (χ4n) is 2.84. The van der Waals surface area contributed by atoms with Gasteiger partial charge in [0.05, 0.1) is 20.3 Å². The Morgan fingerprint density at radius 3 is 2.52 bits per heavy atom. The summed E-state index contributed by atoms with van der Waals surface area (Å²) in [6.07, 6.45) is 0.854. The predicted octanol–water partition coefficient (Wildman–Crippen LogP) is 3.17. The summed E-state index contributed by atoms with van der Waals surface area (Å²) in [5, 5.41) is 9.21. The Balaban J connectivity index is 0.00000341. The SMILES string of the molecule is CCNC(=NCC(=O)NCc1ccc(OC)cc1)Nc1ccc2c(c1)OCCCO2.I. The number of hydrogen-bond acceptors (Lipinski definition) is 5. The lowest BCUT2D eigenvalue weighted by Crippen LogP contribution is -2.33. The van der Waals surface area contributed by atoms with E-state index in [9.17, 15) is 4.79 Å². The van der Waals surface area contributed by atoms with E-state index >= 15 is 0 Å². The van der Waals surface area contributed by atoms with Gasteiger partial charge in [0.2, 0.25) is 5.91 Å². The Kier molecular flexibility index (Phi) is 10.2. The van der Waals surface area contributed by atoms with Crippen molar-refractivity contribution in [3.05, 3.63) is 48.0 Å². The van der Waals surface area contributed by atoms with Gasteiger partial charge < -0.3 is 30.2 Å². The van der Waals surface area contributed by atoms with Gasteiger partial charge in [0, 0.05) is 31.3 Å². The number of nitrogens with zero attached hydrogens (tertiary/aromatic N) is 1. The topological polar surface area (TPSA) is 93.2 Å². The van der Waals surface area contributed by atoms with Crippen molar-refractivity contribution in [3.8, 4) is 17.2 Å². The van der Waals surface area contributed by atoms with Crippen LogP contribution in [-0.4, -0.2) is 45.3 Å². The van der Waals surface area contributed by atoms with Crippen molar-refractivity contribution in [2.75, 3.05) is 38.7 Å².